The van der Waals surface area contributed by atoms with E-state index in [1.54, 1.807) is 13.2 Å². The van der Waals surface area contributed by atoms with Crippen LogP contribution in [0.3, 0.4) is 0 Å². The molecule has 0 spiro atoms. The average Bonchev–Trinajstić information content (AvgIpc) is 2.91. The minimum Gasteiger partial charge on any atom is -0.495 e. The van der Waals surface area contributed by atoms with Crippen molar-refractivity contribution in [3.63, 3.8) is 0 Å². The normalized spacial score (nSPS) is 27.9. The maximum atomic E-state index is 11.5. The van der Waals surface area contributed by atoms with Crippen molar-refractivity contribution in [1.82, 2.24) is 4.90 Å². The van der Waals surface area contributed by atoms with Gasteiger partial charge in [-0.05, 0) is 37.3 Å². The van der Waals surface area contributed by atoms with Crippen molar-refractivity contribution in [2.75, 3.05) is 7.11 Å². The number of aliphatic hydroxyl groups is 1. The summed E-state index contributed by atoms with van der Waals surface area (Å²) in [5, 5.41) is 21.1. The van der Waals surface area contributed by atoms with E-state index in [9.17, 15) is 10.4 Å². The van der Waals surface area contributed by atoms with Crippen molar-refractivity contribution in [3.8, 4) is 11.8 Å². The molecule has 2 atom stereocenters. The van der Waals surface area contributed by atoms with Gasteiger partial charge in [-0.1, -0.05) is 42.5 Å². The largest absolute Gasteiger partial charge is 0.495 e. The van der Waals surface area contributed by atoms with E-state index in [1.807, 2.05) is 18.2 Å². The molecule has 2 aromatic carbocycles. The summed E-state index contributed by atoms with van der Waals surface area (Å²) in [6.07, 6.45) is 3.54. The van der Waals surface area contributed by atoms with Crippen molar-refractivity contribution >= 4 is 0 Å². The Bertz CT molecular complexity index is 814. The minimum atomic E-state index is -0.960. The summed E-state index contributed by atoms with van der Waals surface area (Å²) in [5.41, 5.74) is 1.54. The molecule has 0 amide bonds. The molecule has 4 heteroatoms. The predicted molar refractivity (Wildman–Crippen MR) is 99.6 cm³/mol. The van der Waals surface area contributed by atoms with Gasteiger partial charge in [0, 0.05) is 24.2 Å². The second-order valence-corrected chi connectivity index (χ2v) is 7.48. The van der Waals surface area contributed by atoms with Crippen LogP contribution in [0.25, 0.3) is 0 Å². The van der Waals surface area contributed by atoms with Crippen molar-refractivity contribution in [2.24, 2.45) is 0 Å². The summed E-state index contributed by atoms with van der Waals surface area (Å²) in [7, 11) is 1.57. The first-order chi connectivity index (χ1) is 12.6. The molecule has 0 aliphatic carbocycles. The Morgan fingerprint density at radius 1 is 1.12 bits per heavy atom. The number of hydrogen-bond acceptors (Lipinski definition) is 4. The predicted octanol–water partition coefficient (Wildman–Crippen LogP) is 3.58. The van der Waals surface area contributed by atoms with E-state index in [2.05, 4.69) is 35.2 Å². The number of rotatable bonds is 4. The Hall–Kier alpha value is -2.35. The van der Waals surface area contributed by atoms with Gasteiger partial charge >= 0.3 is 0 Å². The zero-order chi connectivity index (χ0) is 18.1. The van der Waals surface area contributed by atoms with Crippen LogP contribution in [-0.2, 0) is 12.1 Å². The summed E-state index contributed by atoms with van der Waals surface area (Å²) in [4.78, 5) is 2.54. The van der Waals surface area contributed by atoms with E-state index in [0.717, 1.165) is 24.9 Å². The van der Waals surface area contributed by atoms with Crippen molar-refractivity contribution in [3.05, 3.63) is 65.2 Å². The lowest BCUT2D eigenvalue weighted by molar-refractivity contribution is -0.0597. The average molecular weight is 348 g/mol. The second kappa shape index (κ2) is 6.75. The molecule has 2 saturated heterocycles. The molecule has 26 heavy (non-hydrogen) atoms. The highest BCUT2D eigenvalue weighted by atomic mass is 16.5. The van der Waals surface area contributed by atoms with Gasteiger partial charge in [-0.25, -0.2) is 0 Å². The highest BCUT2D eigenvalue weighted by Crippen LogP contribution is 2.47. The van der Waals surface area contributed by atoms with E-state index < -0.39 is 5.60 Å². The number of methoxy groups -OCH3 is 1. The molecule has 0 saturated carbocycles. The van der Waals surface area contributed by atoms with Gasteiger partial charge in [0.1, 0.15) is 17.4 Å². The van der Waals surface area contributed by atoms with Crippen molar-refractivity contribution in [1.29, 1.82) is 5.26 Å². The van der Waals surface area contributed by atoms with Crippen molar-refractivity contribution in [2.45, 2.75) is 49.9 Å². The third-order valence-electron chi connectivity index (χ3n) is 5.99. The molecule has 134 valence electrons. The van der Waals surface area contributed by atoms with Crippen LogP contribution in [0.2, 0.25) is 0 Å². The molecule has 2 heterocycles. The molecular formula is C22H24N2O2. The third-order valence-corrected chi connectivity index (χ3v) is 5.99. The van der Waals surface area contributed by atoms with Crippen LogP contribution in [0.1, 0.15) is 42.4 Å². The van der Waals surface area contributed by atoms with E-state index in [-0.39, 0.29) is 0 Å². The Balaban J connectivity index is 1.62. The quantitative estimate of drug-likeness (QED) is 0.917. The highest BCUT2D eigenvalue weighted by molar-refractivity contribution is 5.51. The standard InChI is InChI=1S/C22H24N2O2/c1-26-21-9-5-8-20(19(21)14-23)22(25)12-17-10-11-18(13-22)24(17)15-16-6-3-2-4-7-16/h2-9,17-18,25H,10-13,15H2,1H3. The van der Waals surface area contributed by atoms with Gasteiger partial charge in [0.2, 0.25) is 0 Å². The number of hydrogen-bond donors (Lipinski definition) is 1. The lowest BCUT2D eigenvalue weighted by Gasteiger charge is -2.44. The number of fused-ring (bicyclic) bond motifs is 2. The monoisotopic (exact) mass is 348 g/mol. The summed E-state index contributed by atoms with van der Waals surface area (Å²) >= 11 is 0. The van der Waals surface area contributed by atoms with Gasteiger partial charge in [-0.15, -0.1) is 0 Å². The Morgan fingerprint density at radius 2 is 1.81 bits per heavy atom. The van der Waals surface area contributed by atoms with Crippen LogP contribution >= 0.6 is 0 Å². The maximum Gasteiger partial charge on any atom is 0.137 e. The molecule has 4 nitrogen and oxygen atoms in total. The molecule has 0 aromatic heterocycles. The highest BCUT2D eigenvalue weighted by Gasteiger charge is 2.49. The number of benzene rings is 2. The van der Waals surface area contributed by atoms with Crippen LogP contribution < -0.4 is 4.74 Å². The Labute approximate surface area is 154 Å². The zero-order valence-electron chi connectivity index (χ0n) is 15.1. The molecule has 2 aliphatic heterocycles. The van der Waals surface area contributed by atoms with Crippen LogP contribution in [0, 0.1) is 11.3 Å². The van der Waals surface area contributed by atoms with Gasteiger partial charge in [-0.3, -0.25) is 4.90 Å². The smallest absolute Gasteiger partial charge is 0.137 e. The third kappa shape index (κ3) is 2.88. The van der Waals surface area contributed by atoms with Crippen molar-refractivity contribution < 1.29 is 9.84 Å². The maximum absolute atomic E-state index is 11.5. The van der Waals surface area contributed by atoms with Gasteiger partial charge in [0.15, 0.2) is 0 Å². The van der Waals surface area contributed by atoms with E-state index >= 15 is 0 Å². The Morgan fingerprint density at radius 3 is 2.42 bits per heavy atom. The fourth-order valence-corrected chi connectivity index (χ4v) is 4.79. The molecular weight excluding hydrogens is 324 g/mol. The first-order valence-electron chi connectivity index (χ1n) is 9.24. The van der Waals surface area contributed by atoms with Gasteiger partial charge in [-0.2, -0.15) is 5.26 Å². The topological polar surface area (TPSA) is 56.5 Å². The fourth-order valence-electron chi connectivity index (χ4n) is 4.79. The molecule has 4 rings (SSSR count). The molecule has 2 unspecified atom stereocenters. The van der Waals surface area contributed by atoms with Gasteiger partial charge in [0.05, 0.1) is 12.7 Å². The fraction of sp³-hybridized carbons (Fsp3) is 0.409. The summed E-state index contributed by atoms with van der Waals surface area (Å²) in [6, 6.07) is 19.0. The first-order valence-corrected chi connectivity index (χ1v) is 9.24. The van der Waals surface area contributed by atoms with E-state index in [4.69, 9.17) is 4.74 Å². The van der Waals surface area contributed by atoms with Crippen LogP contribution in [0.5, 0.6) is 5.75 Å². The summed E-state index contributed by atoms with van der Waals surface area (Å²) < 4.78 is 5.34. The zero-order valence-corrected chi connectivity index (χ0v) is 15.1. The lowest BCUT2D eigenvalue weighted by atomic mass is 9.78. The lowest BCUT2D eigenvalue weighted by Crippen LogP contribution is -2.49. The molecule has 2 fully saturated rings. The van der Waals surface area contributed by atoms with Gasteiger partial charge in [0.25, 0.3) is 0 Å². The molecule has 1 N–H and O–H groups in total. The summed E-state index contributed by atoms with van der Waals surface area (Å²) in [6.45, 7) is 0.926. The minimum absolute atomic E-state index is 0.344. The number of nitriles is 1. The van der Waals surface area contributed by atoms with Crippen LogP contribution in [0.15, 0.2) is 48.5 Å². The van der Waals surface area contributed by atoms with Gasteiger partial charge < -0.3 is 9.84 Å². The first kappa shape index (κ1) is 17.1. The molecule has 2 bridgehead atoms. The Kier molecular flexibility index (Phi) is 4.44. The summed E-state index contributed by atoms with van der Waals surface area (Å²) in [5.74, 6) is 0.539. The number of piperidine rings is 1. The van der Waals surface area contributed by atoms with Crippen LogP contribution in [0.4, 0.5) is 0 Å². The SMILES string of the molecule is COc1cccc(C2(O)CC3CCC(C2)N3Cc2ccccc2)c1C#N. The number of ether oxygens (including phenoxy) is 1. The second-order valence-electron chi connectivity index (χ2n) is 7.48. The van der Waals surface area contributed by atoms with E-state index in [0.29, 0.717) is 36.2 Å². The van der Waals surface area contributed by atoms with Crippen LogP contribution in [-0.4, -0.2) is 29.2 Å². The molecule has 2 aliphatic rings. The number of nitrogens with zero attached hydrogens (tertiary/aromatic N) is 2. The van der Waals surface area contributed by atoms with E-state index in [1.165, 1.54) is 5.56 Å². The molecule has 0 radical (unpaired) electrons. The molecule has 2 aromatic rings.